The molecule has 0 aliphatic carbocycles. The van der Waals surface area contributed by atoms with Gasteiger partial charge < -0.3 is 15.0 Å². The Morgan fingerprint density at radius 3 is 2.93 bits per heavy atom. The summed E-state index contributed by atoms with van der Waals surface area (Å²) < 4.78 is 6.29. The first kappa shape index (κ1) is 18.0. The normalized spacial score (nSPS) is 17.4. The highest BCUT2D eigenvalue weighted by atomic mass is 32.1. The average Bonchev–Trinajstić information content (AvgIpc) is 3.16. The summed E-state index contributed by atoms with van der Waals surface area (Å²) >= 11 is 1.73. The number of aryl methyl sites for hydroxylation is 1. The van der Waals surface area contributed by atoms with Crippen molar-refractivity contribution in [2.75, 3.05) is 19.6 Å². The fourth-order valence-electron chi connectivity index (χ4n) is 3.58. The summed E-state index contributed by atoms with van der Waals surface area (Å²) in [6, 6.07) is 8.11. The number of nitrogens with one attached hydrogen (secondary N) is 1. The fraction of sp³-hybridized carbons (Fsp3) is 0.429. The van der Waals surface area contributed by atoms with Crippen LogP contribution in [0.2, 0.25) is 0 Å². The summed E-state index contributed by atoms with van der Waals surface area (Å²) in [7, 11) is 0. The van der Waals surface area contributed by atoms with E-state index in [1.54, 1.807) is 11.3 Å². The highest BCUT2D eigenvalue weighted by molar-refractivity contribution is 7.11. The zero-order valence-corrected chi connectivity index (χ0v) is 16.4. The lowest BCUT2D eigenvalue weighted by molar-refractivity contribution is 0.0498. The number of aromatic nitrogens is 1. The van der Waals surface area contributed by atoms with Crippen LogP contribution in [0.3, 0.4) is 0 Å². The zero-order chi connectivity index (χ0) is 18.7. The molecule has 1 N–H and O–H groups in total. The minimum absolute atomic E-state index is 0.0114. The van der Waals surface area contributed by atoms with E-state index in [0.717, 1.165) is 42.0 Å². The molecule has 0 unspecified atom stereocenters. The molecule has 1 saturated heterocycles. The largest absolute Gasteiger partial charge is 0.482 e. The number of urea groups is 1. The van der Waals surface area contributed by atoms with Gasteiger partial charge in [-0.25, -0.2) is 9.78 Å². The molecule has 142 valence electrons. The van der Waals surface area contributed by atoms with E-state index in [-0.39, 0.29) is 11.6 Å². The van der Waals surface area contributed by atoms with Crippen molar-refractivity contribution in [3.05, 3.63) is 52.0 Å². The number of carbonyl (C=O) groups excluding carboxylic acids is 1. The van der Waals surface area contributed by atoms with Gasteiger partial charge in [0.15, 0.2) is 0 Å². The van der Waals surface area contributed by atoms with Crippen molar-refractivity contribution in [2.24, 2.45) is 0 Å². The quantitative estimate of drug-likeness (QED) is 0.871. The number of hydrogen-bond donors (Lipinski definition) is 1. The summed E-state index contributed by atoms with van der Waals surface area (Å²) in [5, 5.41) is 4.12. The Morgan fingerprint density at radius 1 is 1.33 bits per heavy atom. The number of nitrogens with zero attached hydrogens (tertiary/aromatic N) is 2. The first-order valence-electron chi connectivity index (χ1n) is 9.61. The van der Waals surface area contributed by atoms with Crippen LogP contribution in [-0.4, -0.2) is 41.2 Å². The third-order valence-electron chi connectivity index (χ3n) is 5.26. The van der Waals surface area contributed by atoms with Gasteiger partial charge in [-0.2, -0.15) is 0 Å². The molecule has 5 nitrogen and oxygen atoms in total. The lowest BCUT2D eigenvalue weighted by Gasteiger charge is -2.41. The molecule has 2 aliphatic rings. The van der Waals surface area contributed by atoms with Crippen LogP contribution in [0.5, 0.6) is 5.75 Å². The molecule has 1 spiro atoms. The maximum Gasteiger partial charge on any atom is 0.317 e. The Kier molecular flexibility index (Phi) is 5.16. The number of piperidine rings is 1. The minimum atomic E-state index is -0.275. The van der Waals surface area contributed by atoms with E-state index in [4.69, 9.17) is 4.74 Å². The molecule has 2 aromatic rings. The van der Waals surface area contributed by atoms with Gasteiger partial charge in [-0.15, -0.1) is 11.3 Å². The number of para-hydroxylation sites is 1. The molecule has 3 heterocycles. The van der Waals surface area contributed by atoms with Crippen molar-refractivity contribution in [1.29, 1.82) is 0 Å². The summed E-state index contributed by atoms with van der Waals surface area (Å²) in [5.74, 6) is 0.938. The van der Waals surface area contributed by atoms with Gasteiger partial charge in [-0.3, -0.25) is 0 Å². The smallest absolute Gasteiger partial charge is 0.317 e. The van der Waals surface area contributed by atoms with Crippen LogP contribution in [0.15, 0.2) is 36.5 Å². The Balaban J connectivity index is 1.26. The molecule has 1 fully saturated rings. The standard InChI is InChI=1S/C21H25N3O2S/c1-2-17-15-23-19(27-17)8-12-22-20(25)24-13-10-21(11-14-24)9-7-16-5-3-4-6-18(16)26-21/h3-7,9,15H,2,8,10-14H2,1H3,(H,22,25). The predicted octanol–water partition coefficient (Wildman–Crippen LogP) is 3.90. The second-order valence-corrected chi connectivity index (χ2v) is 8.28. The predicted molar refractivity (Wildman–Crippen MR) is 108 cm³/mol. The second-order valence-electron chi connectivity index (χ2n) is 7.08. The average molecular weight is 384 g/mol. The van der Waals surface area contributed by atoms with Crippen molar-refractivity contribution in [1.82, 2.24) is 15.2 Å². The van der Waals surface area contributed by atoms with E-state index in [1.165, 1.54) is 4.88 Å². The molecule has 6 heteroatoms. The first-order chi connectivity index (χ1) is 13.2. The van der Waals surface area contributed by atoms with E-state index in [2.05, 4.69) is 35.4 Å². The van der Waals surface area contributed by atoms with E-state index in [9.17, 15) is 4.79 Å². The number of ether oxygens (including phenoxy) is 1. The molecule has 1 aromatic carbocycles. The number of likely N-dealkylation sites (tertiary alicyclic amines) is 1. The maximum absolute atomic E-state index is 12.5. The second kappa shape index (κ2) is 7.72. The molecule has 2 aliphatic heterocycles. The summed E-state index contributed by atoms with van der Waals surface area (Å²) in [4.78, 5) is 20.0. The van der Waals surface area contributed by atoms with E-state index in [1.807, 2.05) is 29.3 Å². The third kappa shape index (κ3) is 4.00. The van der Waals surface area contributed by atoms with E-state index in [0.29, 0.717) is 19.6 Å². The topological polar surface area (TPSA) is 54.5 Å². The van der Waals surface area contributed by atoms with Crippen LogP contribution < -0.4 is 10.1 Å². The number of fused-ring (bicyclic) bond motifs is 1. The number of hydrogen-bond acceptors (Lipinski definition) is 4. The summed E-state index contributed by atoms with van der Waals surface area (Å²) in [6.07, 6.45) is 9.68. The highest BCUT2D eigenvalue weighted by Crippen LogP contribution is 2.36. The number of carbonyl (C=O) groups is 1. The van der Waals surface area contributed by atoms with Gasteiger partial charge in [0.2, 0.25) is 0 Å². The highest BCUT2D eigenvalue weighted by Gasteiger charge is 2.37. The van der Waals surface area contributed by atoms with Crippen LogP contribution >= 0.6 is 11.3 Å². The molecule has 0 radical (unpaired) electrons. The molecule has 1 aromatic heterocycles. The molecule has 0 bridgehead atoms. The summed E-state index contributed by atoms with van der Waals surface area (Å²) in [5.41, 5.74) is 0.847. The van der Waals surface area contributed by atoms with Crippen LogP contribution in [0.1, 0.15) is 35.2 Å². The lowest BCUT2D eigenvalue weighted by atomic mass is 9.88. The number of thiazole rings is 1. The van der Waals surface area contributed by atoms with Gasteiger partial charge in [0.05, 0.1) is 5.01 Å². The minimum Gasteiger partial charge on any atom is -0.482 e. The molecular formula is C21H25N3O2S. The van der Waals surface area contributed by atoms with Gasteiger partial charge in [0.1, 0.15) is 11.4 Å². The van der Waals surface area contributed by atoms with Crippen LogP contribution in [0.25, 0.3) is 6.08 Å². The van der Waals surface area contributed by atoms with Crippen molar-refractivity contribution < 1.29 is 9.53 Å². The number of rotatable bonds is 4. The monoisotopic (exact) mass is 383 g/mol. The van der Waals surface area contributed by atoms with Gasteiger partial charge in [0.25, 0.3) is 0 Å². The van der Waals surface area contributed by atoms with Gasteiger partial charge >= 0.3 is 6.03 Å². The van der Waals surface area contributed by atoms with Crippen molar-refractivity contribution in [2.45, 2.75) is 38.2 Å². The number of amides is 2. The van der Waals surface area contributed by atoms with E-state index >= 15 is 0 Å². The van der Waals surface area contributed by atoms with Crippen LogP contribution in [0, 0.1) is 0 Å². The van der Waals surface area contributed by atoms with Gasteiger partial charge in [0, 0.05) is 55.5 Å². The lowest BCUT2D eigenvalue weighted by Crippen LogP contribution is -2.52. The van der Waals surface area contributed by atoms with Crippen molar-refractivity contribution in [3.8, 4) is 5.75 Å². The molecule has 4 rings (SSSR count). The Bertz CT molecular complexity index is 837. The molecule has 0 saturated carbocycles. The van der Waals surface area contributed by atoms with Crippen molar-refractivity contribution >= 4 is 23.4 Å². The molecule has 2 amide bonds. The number of benzene rings is 1. The maximum atomic E-state index is 12.5. The van der Waals surface area contributed by atoms with Gasteiger partial charge in [-0.05, 0) is 18.6 Å². The van der Waals surface area contributed by atoms with Crippen molar-refractivity contribution in [3.63, 3.8) is 0 Å². The fourth-order valence-corrected chi connectivity index (χ4v) is 4.44. The molecular weight excluding hydrogens is 358 g/mol. The summed E-state index contributed by atoms with van der Waals surface area (Å²) in [6.45, 7) is 4.16. The SMILES string of the molecule is CCc1cnc(CCNC(=O)N2CCC3(C=Cc4ccccc4O3)CC2)s1. The van der Waals surface area contributed by atoms with Gasteiger partial charge in [-0.1, -0.05) is 31.2 Å². The Hall–Kier alpha value is -2.34. The first-order valence-corrected chi connectivity index (χ1v) is 10.4. The third-order valence-corrected chi connectivity index (χ3v) is 6.46. The Morgan fingerprint density at radius 2 is 2.15 bits per heavy atom. The van der Waals surface area contributed by atoms with Crippen LogP contribution in [-0.2, 0) is 12.8 Å². The molecule has 0 atom stereocenters. The zero-order valence-electron chi connectivity index (χ0n) is 15.6. The molecule has 27 heavy (non-hydrogen) atoms. The Labute approximate surface area is 164 Å². The van der Waals surface area contributed by atoms with Crippen LogP contribution in [0.4, 0.5) is 4.79 Å². The van der Waals surface area contributed by atoms with E-state index < -0.39 is 0 Å².